The number of benzene rings is 2. The summed E-state index contributed by atoms with van der Waals surface area (Å²) in [6.45, 7) is 3.27. The zero-order valence-electron chi connectivity index (χ0n) is 22.9. The predicted molar refractivity (Wildman–Crippen MR) is 140 cm³/mol. The Bertz CT molecular complexity index is 1040. The highest BCUT2D eigenvalue weighted by Gasteiger charge is 2.50. The lowest BCUT2D eigenvalue weighted by Gasteiger charge is -2.30. The number of hydrogen-bond acceptors (Lipinski definition) is 9. The molecule has 0 heterocycles. The van der Waals surface area contributed by atoms with Gasteiger partial charge in [0, 0.05) is 6.54 Å². The largest absolute Gasteiger partial charge is 0.493 e. The van der Waals surface area contributed by atoms with Gasteiger partial charge in [-0.1, -0.05) is 12.1 Å². The van der Waals surface area contributed by atoms with Crippen molar-refractivity contribution in [2.24, 2.45) is 0 Å². The molecule has 0 radical (unpaired) electrons. The summed E-state index contributed by atoms with van der Waals surface area (Å²) in [5.74, 6) is 0.948. The zero-order valence-corrected chi connectivity index (χ0v) is 22.9. The summed E-state index contributed by atoms with van der Waals surface area (Å²) in [5, 5.41) is 0. The van der Waals surface area contributed by atoms with Crippen LogP contribution in [-0.2, 0) is 30.9 Å². The van der Waals surface area contributed by atoms with Crippen molar-refractivity contribution < 1.29 is 38.0 Å². The van der Waals surface area contributed by atoms with Crippen molar-refractivity contribution in [3.63, 3.8) is 0 Å². The van der Waals surface area contributed by atoms with E-state index in [1.807, 2.05) is 25.2 Å². The first-order valence-corrected chi connectivity index (χ1v) is 12.2. The minimum atomic E-state index is -1.63. The lowest BCUT2D eigenvalue weighted by Crippen LogP contribution is -2.46. The van der Waals surface area contributed by atoms with Crippen molar-refractivity contribution in [3.05, 3.63) is 47.5 Å². The molecule has 2 rings (SSSR count). The van der Waals surface area contributed by atoms with Crippen LogP contribution in [0.3, 0.4) is 0 Å². The van der Waals surface area contributed by atoms with Crippen LogP contribution in [0.15, 0.2) is 36.4 Å². The number of likely N-dealkylation sites (N-methyl/N-ethyl adjacent to an activating group) is 1. The number of nitrogens with zero attached hydrogens (tertiary/aromatic N) is 1. The second kappa shape index (κ2) is 14.3. The molecule has 0 amide bonds. The van der Waals surface area contributed by atoms with Crippen molar-refractivity contribution in [3.8, 4) is 23.0 Å². The Morgan fingerprint density at radius 3 is 1.95 bits per heavy atom. The van der Waals surface area contributed by atoms with Crippen molar-refractivity contribution in [1.82, 2.24) is 4.90 Å². The molecular formula is C28H39NO8. The van der Waals surface area contributed by atoms with Crippen LogP contribution in [0.5, 0.6) is 23.0 Å². The van der Waals surface area contributed by atoms with E-state index in [4.69, 9.17) is 28.4 Å². The van der Waals surface area contributed by atoms with Gasteiger partial charge < -0.3 is 33.3 Å². The van der Waals surface area contributed by atoms with Crippen molar-refractivity contribution in [2.75, 3.05) is 62.3 Å². The summed E-state index contributed by atoms with van der Waals surface area (Å²) >= 11 is 0. The van der Waals surface area contributed by atoms with E-state index in [0.717, 1.165) is 18.5 Å². The molecule has 0 aromatic heterocycles. The van der Waals surface area contributed by atoms with Crippen LogP contribution in [0.25, 0.3) is 0 Å². The highest BCUT2D eigenvalue weighted by Crippen LogP contribution is 2.38. The first-order valence-electron chi connectivity index (χ1n) is 12.2. The minimum absolute atomic E-state index is 0.135. The molecule has 0 bridgehead atoms. The minimum Gasteiger partial charge on any atom is -0.493 e. The first-order chi connectivity index (χ1) is 17.8. The highest BCUT2D eigenvalue weighted by molar-refractivity contribution is 6.06. The molecule has 1 unspecified atom stereocenters. The van der Waals surface area contributed by atoms with Gasteiger partial charge in [0.2, 0.25) is 0 Å². The molecule has 0 aliphatic heterocycles. The molecule has 204 valence electrons. The molecule has 37 heavy (non-hydrogen) atoms. The third-order valence-corrected chi connectivity index (χ3v) is 6.36. The second-order valence-electron chi connectivity index (χ2n) is 8.53. The van der Waals surface area contributed by atoms with Crippen molar-refractivity contribution in [1.29, 1.82) is 0 Å². The van der Waals surface area contributed by atoms with Gasteiger partial charge in [-0.25, -0.2) is 0 Å². The molecule has 9 heteroatoms. The molecule has 2 aromatic carbocycles. The van der Waals surface area contributed by atoms with Gasteiger partial charge in [-0.2, -0.15) is 0 Å². The van der Waals surface area contributed by atoms with E-state index in [1.165, 1.54) is 21.3 Å². The van der Waals surface area contributed by atoms with E-state index in [2.05, 4.69) is 4.90 Å². The molecule has 9 nitrogen and oxygen atoms in total. The quantitative estimate of drug-likeness (QED) is 0.259. The van der Waals surface area contributed by atoms with Crippen LogP contribution in [0.1, 0.15) is 30.9 Å². The van der Waals surface area contributed by atoms with Crippen LogP contribution in [-0.4, -0.2) is 79.1 Å². The van der Waals surface area contributed by atoms with Gasteiger partial charge >= 0.3 is 11.9 Å². The first kappa shape index (κ1) is 29.8. The van der Waals surface area contributed by atoms with Crippen LogP contribution in [0.4, 0.5) is 0 Å². The van der Waals surface area contributed by atoms with Crippen LogP contribution < -0.4 is 18.9 Å². The standard InChI is InChI=1S/C28H39NO8/c1-8-37-27(31)28(26(30)36-7,21-11-13-23(33-4)25(19-21)35-6)15-9-16-29(2)17-14-20-10-12-22(32-3)24(18-20)34-5/h10-13,18-19H,8-9,14-17H2,1-7H3. The van der Waals surface area contributed by atoms with E-state index in [1.54, 1.807) is 39.3 Å². The average Bonchev–Trinajstić information content (AvgIpc) is 2.93. The van der Waals surface area contributed by atoms with Crippen LogP contribution in [0.2, 0.25) is 0 Å². The maximum Gasteiger partial charge on any atom is 0.328 e. The number of methoxy groups -OCH3 is 5. The van der Waals surface area contributed by atoms with Gasteiger partial charge in [0.05, 0.1) is 42.2 Å². The van der Waals surface area contributed by atoms with E-state index in [9.17, 15) is 9.59 Å². The third-order valence-electron chi connectivity index (χ3n) is 6.36. The van der Waals surface area contributed by atoms with Gasteiger partial charge in [0.15, 0.2) is 28.4 Å². The van der Waals surface area contributed by atoms with Crippen LogP contribution >= 0.6 is 0 Å². The van der Waals surface area contributed by atoms with Gasteiger partial charge in [-0.05, 0) is 75.2 Å². The lowest BCUT2D eigenvalue weighted by atomic mass is 9.76. The van der Waals surface area contributed by atoms with Gasteiger partial charge in [-0.15, -0.1) is 0 Å². The Morgan fingerprint density at radius 2 is 1.38 bits per heavy atom. The summed E-state index contributed by atoms with van der Waals surface area (Å²) in [7, 11) is 9.52. The van der Waals surface area contributed by atoms with Crippen LogP contribution in [0, 0.1) is 0 Å². The normalized spacial score (nSPS) is 12.4. The smallest absolute Gasteiger partial charge is 0.328 e. The Balaban J connectivity index is 2.21. The Hall–Kier alpha value is -3.46. The van der Waals surface area contributed by atoms with Crippen molar-refractivity contribution in [2.45, 2.75) is 31.6 Å². The molecule has 1 atom stereocenters. The maximum absolute atomic E-state index is 13.3. The third kappa shape index (κ3) is 7.07. The number of carbonyl (C=O) groups is 2. The molecule has 0 aliphatic rings. The molecule has 0 fully saturated rings. The summed E-state index contributed by atoms with van der Waals surface area (Å²) < 4.78 is 31.9. The van der Waals surface area contributed by atoms with E-state index < -0.39 is 17.4 Å². The molecular weight excluding hydrogens is 478 g/mol. The van der Waals surface area contributed by atoms with E-state index >= 15 is 0 Å². The van der Waals surface area contributed by atoms with Crippen molar-refractivity contribution >= 4 is 11.9 Å². The number of hydrogen-bond donors (Lipinski definition) is 0. The Labute approximate surface area is 219 Å². The predicted octanol–water partition coefficient (Wildman–Crippen LogP) is 3.65. The lowest BCUT2D eigenvalue weighted by molar-refractivity contribution is -0.164. The summed E-state index contributed by atoms with van der Waals surface area (Å²) in [6.07, 6.45) is 1.55. The molecule has 2 aromatic rings. The average molecular weight is 518 g/mol. The topological polar surface area (TPSA) is 92.8 Å². The fourth-order valence-electron chi connectivity index (χ4n) is 4.28. The molecule has 0 saturated heterocycles. The molecule has 0 spiro atoms. The summed E-state index contributed by atoms with van der Waals surface area (Å²) in [4.78, 5) is 28.6. The fourth-order valence-corrected chi connectivity index (χ4v) is 4.28. The number of rotatable bonds is 15. The van der Waals surface area contributed by atoms with E-state index in [0.29, 0.717) is 41.5 Å². The van der Waals surface area contributed by atoms with E-state index in [-0.39, 0.29) is 13.0 Å². The van der Waals surface area contributed by atoms with Gasteiger partial charge in [0.1, 0.15) is 0 Å². The highest BCUT2D eigenvalue weighted by atomic mass is 16.6. The second-order valence-corrected chi connectivity index (χ2v) is 8.53. The fraction of sp³-hybridized carbons (Fsp3) is 0.500. The monoisotopic (exact) mass is 517 g/mol. The summed E-state index contributed by atoms with van der Waals surface area (Å²) in [6, 6.07) is 10.8. The molecule has 0 saturated carbocycles. The number of ether oxygens (including phenoxy) is 6. The van der Waals surface area contributed by atoms with Gasteiger partial charge in [-0.3, -0.25) is 9.59 Å². The zero-order chi connectivity index (χ0) is 27.4. The molecule has 0 N–H and O–H groups in total. The Kier molecular flexibility index (Phi) is 11.5. The van der Waals surface area contributed by atoms with Gasteiger partial charge in [0.25, 0.3) is 0 Å². The number of carbonyl (C=O) groups excluding carboxylic acids is 2. The summed E-state index contributed by atoms with van der Waals surface area (Å²) in [5.41, 5.74) is -0.0807. The maximum atomic E-state index is 13.3. The Morgan fingerprint density at radius 1 is 0.784 bits per heavy atom. The molecule has 0 aliphatic carbocycles. The number of esters is 2. The SMILES string of the molecule is CCOC(=O)C(CCCN(C)CCc1ccc(OC)c(OC)c1)(C(=O)OC)c1ccc(OC)c(OC)c1.